The smallest absolute Gasteiger partial charge is 0.248 e. The molecule has 24 heavy (non-hydrogen) atoms. The zero-order valence-corrected chi connectivity index (χ0v) is 12.9. The number of rotatable bonds is 5. The second kappa shape index (κ2) is 6.37. The van der Waals surface area contributed by atoms with Crippen LogP contribution in [-0.4, -0.2) is 25.5 Å². The molecule has 0 unspecified atom stereocenters. The number of hydrogen-bond donors (Lipinski definition) is 1. The summed E-state index contributed by atoms with van der Waals surface area (Å²) in [4.78, 5) is 23.0. The summed E-state index contributed by atoms with van der Waals surface area (Å²) in [6, 6.07) is 7.77. The highest BCUT2D eigenvalue weighted by Crippen LogP contribution is 2.13. The first kappa shape index (κ1) is 15.5. The third kappa shape index (κ3) is 3.32. The van der Waals surface area contributed by atoms with Crippen molar-refractivity contribution >= 4 is 5.91 Å². The average Bonchev–Trinajstić information content (AvgIpc) is 3.01. The van der Waals surface area contributed by atoms with Crippen molar-refractivity contribution in [1.82, 2.24) is 19.6 Å². The molecule has 0 aliphatic rings. The van der Waals surface area contributed by atoms with E-state index in [1.807, 2.05) is 0 Å². The Balaban J connectivity index is 1.77. The van der Waals surface area contributed by atoms with Gasteiger partial charge in [0.15, 0.2) is 0 Å². The second-order valence-electron chi connectivity index (χ2n) is 5.12. The van der Waals surface area contributed by atoms with Crippen LogP contribution >= 0.6 is 0 Å². The largest absolute Gasteiger partial charge is 0.487 e. The van der Waals surface area contributed by atoms with Gasteiger partial charge in [-0.05, 0) is 24.3 Å². The zero-order valence-electron chi connectivity index (χ0n) is 12.9. The lowest BCUT2D eigenvalue weighted by Crippen LogP contribution is -2.17. The van der Waals surface area contributed by atoms with Crippen molar-refractivity contribution < 1.29 is 9.53 Å². The zero-order chi connectivity index (χ0) is 17.1. The maximum absolute atomic E-state index is 11.9. The predicted octanol–water partition coefficient (Wildman–Crippen LogP) is 0.644. The van der Waals surface area contributed by atoms with Crippen LogP contribution in [0.3, 0.4) is 0 Å². The third-order valence-electron chi connectivity index (χ3n) is 3.35. The van der Waals surface area contributed by atoms with Crippen molar-refractivity contribution in [3.8, 4) is 11.4 Å². The predicted molar refractivity (Wildman–Crippen MR) is 85.9 cm³/mol. The van der Waals surface area contributed by atoms with E-state index in [2.05, 4.69) is 10.2 Å². The fraction of sp³-hybridized carbons (Fsp3) is 0.125. The highest BCUT2D eigenvalue weighted by molar-refractivity contribution is 5.92. The summed E-state index contributed by atoms with van der Waals surface area (Å²) in [6.45, 7) is 0.00978. The molecule has 0 aliphatic carbocycles. The summed E-state index contributed by atoms with van der Waals surface area (Å²) in [7, 11) is 1.80. The summed E-state index contributed by atoms with van der Waals surface area (Å²) in [5.41, 5.74) is 6.36. The first-order valence-electron chi connectivity index (χ1n) is 7.13. The number of carbonyl (C=O) groups excluding carboxylic acids is 1. The Hall–Kier alpha value is -3.42. The maximum Gasteiger partial charge on any atom is 0.248 e. The van der Waals surface area contributed by atoms with Crippen LogP contribution in [0.4, 0.5) is 0 Å². The van der Waals surface area contributed by atoms with E-state index >= 15 is 0 Å². The first-order chi connectivity index (χ1) is 11.5. The van der Waals surface area contributed by atoms with Crippen molar-refractivity contribution in [3.05, 3.63) is 70.4 Å². The Kier molecular flexibility index (Phi) is 4.11. The van der Waals surface area contributed by atoms with Crippen LogP contribution in [0, 0.1) is 0 Å². The summed E-state index contributed by atoms with van der Waals surface area (Å²) in [5, 5.41) is 8.34. The van der Waals surface area contributed by atoms with Crippen molar-refractivity contribution in [3.63, 3.8) is 0 Å². The molecular formula is C16H15N5O3. The molecule has 0 saturated heterocycles. The van der Waals surface area contributed by atoms with Gasteiger partial charge in [-0.15, -0.1) is 0 Å². The molecule has 0 bridgehead atoms. The molecule has 0 saturated carbocycles. The van der Waals surface area contributed by atoms with Crippen LogP contribution in [0.1, 0.15) is 16.1 Å². The van der Waals surface area contributed by atoms with Crippen LogP contribution in [0.5, 0.6) is 5.75 Å². The normalized spacial score (nSPS) is 10.5. The van der Waals surface area contributed by atoms with Crippen LogP contribution in [0.25, 0.3) is 5.69 Å². The average molecular weight is 325 g/mol. The summed E-state index contributed by atoms with van der Waals surface area (Å²) < 4.78 is 8.76. The monoisotopic (exact) mass is 325 g/mol. The molecule has 0 aliphatic heterocycles. The number of aromatic nitrogens is 4. The van der Waals surface area contributed by atoms with E-state index in [0.717, 1.165) is 5.69 Å². The van der Waals surface area contributed by atoms with Crippen molar-refractivity contribution in [2.24, 2.45) is 12.8 Å². The molecule has 1 aromatic carbocycles. The standard InChI is InChI=1S/C16H15N5O3/c1-20-9-12(8-18-20)21-7-6-15(22)14(19-21)10-24-13-4-2-11(3-5-13)16(17)23/h2-9H,10H2,1H3,(H2,17,23). The number of nitrogens with two attached hydrogens (primary N) is 1. The summed E-state index contributed by atoms with van der Waals surface area (Å²) >= 11 is 0. The van der Waals surface area contributed by atoms with Gasteiger partial charge in [0.1, 0.15) is 23.7 Å². The maximum atomic E-state index is 11.9. The Morgan fingerprint density at radius 3 is 2.62 bits per heavy atom. The number of nitrogens with zero attached hydrogens (tertiary/aromatic N) is 4. The lowest BCUT2D eigenvalue weighted by Gasteiger charge is -2.07. The third-order valence-corrected chi connectivity index (χ3v) is 3.35. The fourth-order valence-electron chi connectivity index (χ4n) is 2.08. The van der Waals surface area contributed by atoms with Gasteiger partial charge in [-0.1, -0.05) is 0 Å². The molecule has 2 heterocycles. The lowest BCUT2D eigenvalue weighted by atomic mass is 10.2. The number of aryl methyl sites for hydroxylation is 1. The number of carbonyl (C=O) groups is 1. The molecule has 122 valence electrons. The molecule has 0 fully saturated rings. The van der Waals surface area contributed by atoms with Gasteiger partial charge in [0.25, 0.3) is 0 Å². The van der Waals surface area contributed by atoms with E-state index in [1.165, 1.54) is 6.07 Å². The molecule has 0 radical (unpaired) electrons. The van der Waals surface area contributed by atoms with Crippen molar-refractivity contribution in [1.29, 1.82) is 0 Å². The van der Waals surface area contributed by atoms with E-state index in [4.69, 9.17) is 10.5 Å². The van der Waals surface area contributed by atoms with Crippen molar-refractivity contribution in [2.75, 3.05) is 0 Å². The minimum Gasteiger partial charge on any atom is -0.487 e. The number of ether oxygens (including phenoxy) is 1. The summed E-state index contributed by atoms with van der Waals surface area (Å²) in [6.07, 6.45) is 5.00. The van der Waals surface area contributed by atoms with Crippen LogP contribution < -0.4 is 15.9 Å². The molecule has 0 spiro atoms. The fourth-order valence-corrected chi connectivity index (χ4v) is 2.08. The van der Waals surface area contributed by atoms with Crippen molar-refractivity contribution in [2.45, 2.75) is 6.61 Å². The van der Waals surface area contributed by atoms with Gasteiger partial charge in [0.05, 0.1) is 12.4 Å². The van der Waals surface area contributed by atoms with Gasteiger partial charge in [0.2, 0.25) is 11.3 Å². The number of primary amides is 1. The molecule has 1 amide bonds. The molecule has 3 rings (SSSR count). The minimum absolute atomic E-state index is 0.00978. The lowest BCUT2D eigenvalue weighted by molar-refractivity contribution is 0.1000. The SMILES string of the molecule is Cn1cc(-n2ccc(=O)c(COc3ccc(C(N)=O)cc3)n2)cn1. The Labute approximate surface area is 137 Å². The topological polar surface area (TPSA) is 105 Å². The number of hydrogen-bond acceptors (Lipinski definition) is 5. The molecule has 8 heteroatoms. The first-order valence-corrected chi connectivity index (χ1v) is 7.13. The molecular weight excluding hydrogens is 310 g/mol. The molecule has 0 atom stereocenters. The Morgan fingerprint density at radius 2 is 2.00 bits per heavy atom. The van der Waals surface area contributed by atoms with Crippen LogP contribution in [-0.2, 0) is 13.7 Å². The van der Waals surface area contributed by atoms with Gasteiger partial charge < -0.3 is 10.5 Å². The van der Waals surface area contributed by atoms with Gasteiger partial charge >= 0.3 is 0 Å². The van der Waals surface area contributed by atoms with E-state index < -0.39 is 5.91 Å². The minimum atomic E-state index is -0.509. The highest BCUT2D eigenvalue weighted by Gasteiger charge is 2.07. The Morgan fingerprint density at radius 1 is 1.25 bits per heavy atom. The van der Waals surface area contributed by atoms with E-state index in [-0.39, 0.29) is 17.7 Å². The molecule has 3 aromatic rings. The van der Waals surface area contributed by atoms with E-state index in [0.29, 0.717) is 11.3 Å². The molecule has 2 N–H and O–H groups in total. The Bertz CT molecular complexity index is 927. The van der Waals surface area contributed by atoms with Crippen LogP contribution in [0.2, 0.25) is 0 Å². The van der Waals surface area contributed by atoms with E-state index in [1.54, 1.807) is 59.3 Å². The number of amides is 1. The second-order valence-corrected chi connectivity index (χ2v) is 5.12. The number of benzene rings is 1. The van der Waals surface area contributed by atoms with Gasteiger partial charge in [-0.25, -0.2) is 4.68 Å². The van der Waals surface area contributed by atoms with Gasteiger partial charge in [-0.2, -0.15) is 10.2 Å². The highest BCUT2D eigenvalue weighted by atomic mass is 16.5. The van der Waals surface area contributed by atoms with Gasteiger partial charge in [0, 0.05) is 24.9 Å². The van der Waals surface area contributed by atoms with Gasteiger partial charge in [-0.3, -0.25) is 14.3 Å². The molecule has 2 aromatic heterocycles. The summed E-state index contributed by atoms with van der Waals surface area (Å²) in [5.74, 6) is 0.00335. The van der Waals surface area contributed by atoms with E-state index in [9.17, 15) is 9.59 Å². The quantitative estimate of drug-likeness (QED) is 0.741. The molecule has 8 nitrogen and oxygen atoms in total. The van der Waals surface area contributed by atoms with Crippen LogP contribution in [0.15, 0.2) is 53.7 Å².